The summed E-state index contributed by atoms with van der Waals surface area (Å²) in [4.78, 5) is 24.2. The van der Waals surface area contributed by atoms with E-state index in [1.807, 2.05) is 55.5 Å². The third-order valence-corrected chi connectivity index (χ3v) is 5.22. The van der Waals surface area contributed by atoms with Crippen molar-refractivity contribution in [2.45, 2.75) is 39.3 Å². The Morgan fingerprint density at radius 2 is 1.90 bits per heavy atom. The van der Waals surface area contributed by atoms with Crippen LogP contribution in [0.25, 0.3) is 16.6 Å². The molecule has 0 radical (unpaired) electrons. The van der Waals surface area contributed by atoms with Crippen molar-refractivity contribution in [2.75, 3.05) is 6.61 Å². The van der Waals surface area contributed by atoms with Crippen molar-refractivity contribution in [1.82, 2.24) is 14.2 Å². The van der Waals surface area contributed by atoms with Gasteiger partial charge in [-0.25, -0.2) is 4.52 Å². The Kier molecular flexibility index (Phi) is 5.86. The molecule has 0 saturated carbocycles. The second-order valence-corrected chi connectivity index (χ2v) is 7.80. The maximum Gasteiger partial charge on any atom is 0.261 e. The molecule has 0 bridgehead atoms. The number of ketones is 1. The van der Waals surface area contributed by atoms with E-state index < -0.39 is 6.10 Å². The Labute approximate surface area is 179 Å². The molecule has 2 aromatic carbocycles. The largest absolute Gasteiger partial charge is 0.491 e. The van der Waals surface area contributed by atoms with Crippen LogP contribution in [-0.2, 0) is 17.8 Å². The number of hydrogen-bond donors (Lipinski definition) is 1. The number of aromatic nitrogens is 3. The van der Waals surface area contributed by atoms with Crippen molar-refractivity contribution in [1.29, 1.82) is 0 Å². The molecule has 160 valence electrons. The topological polar surface area (TPSA) is 85.8 Å². The molecule has 0 aliphatic rings. The molecule has 1 N–H and O–H groups in total. The SMILES string of the molecule is CC(=O)CCc1ccc(OCC(O)Cn2c(=O)c3ccccc3n3nc(C)cc23)cc1. The molecule has 4 aromatic rings. The van der Waals surface area contributed by atoms with Gasteiger partial charge in [0.15, 0.2) is 0 Å². The van der Waals surface area contributed by atoms with Gasteiger partial charge in [-0.15, -0.1) is 0 Å². The summed E-state index contributed by atoms with van der Waals surface area (Å²) in [6.45, 7) is 3.59. The molecular formula is C24H25N3O4. The zero-order chi connectivity index (χ0) is 22.0. The van der Waals surface area contributed by atoms with E-state index in [1.165, 1.54) is 0 Å². The maximum absolute atomic E-state index is 13.1. The first-order valence-electron chi connectivity index (χ1n) is 10.3. The van der Waals surface area contributed by atoms with Crippen molar-refractivity contribution >= 4 is 22.3 Å². The normalized spacial score (nSPS) is 12.4. The summed E-state index contributed by atoms with van der Waals surface area (Å²) in [6, 6.07) is 16.6. The Hall–Kier alpha value is -3.45. The van der Waals surface area contributed by atoms with Crippen LogP contribution >= 0.6 is 0 Å². The second kappa shape index (κ2) is 8.73. The molecule has 2 aromatic heterocycles. The predicted octanol–water partition coefficient (Wildman–Crippen LogP) is 2.92. The summed E-state index contributed by atoms with van der Waals surface area (Å²) in [6.07, 6.45) is 0.335. The molecule has 0 saturated heterocycles. The summed E-state index contributed by atoms with van der Waals surface area (Å²) in [5, 5.41) is 15.6. The summed E-state index contributed by atoms with van der Waals surface area (Å²) < 4.78 is 8.99. The second-order valence-electron chi connectivity index (χ2n) is 7.80. The molecule has 31 heavy (non-hydrogen) atoms. The molecule has 0 fully saturated rings. The number of nitrogens with zero attached hydrogens (tertiary/aromatic N) is 3. The van der Waals surface area contributed by atoms with Crippen LogP contribution < -0.4 is 10.3 Å². The Balaban J connectivity index is 1.49. The highest BCUT2D eigenvalue weighted by Gasteiger charge is 2.16. The van der Waals surface area contributed by atoms with Gasteiger partial charge in [-0.05, 0) is 50.1 Å². The molecule has 0 amide bonds. The van der Waals surface area contributed by atoms with Gasteiger partial charge in [-0.1, -0.05) is 24.3 Å². The molecule has 1 atom stereocenters. The third kappa shape index (κ3) is 4.51. The minimum absolute atomic E-state index is 0.0470. The fourth-order valence-corrected chi connectivity index (χ4v) is 3.65. The van der Waals surface area contributed by atoms with Gasteiger partial charge in [-0.3, -0.25) is 9.36 Å². The number of para-hydroxylation sites is 1. The fraction of sp³-hybridized carbons (Fsp3) is 0.292. The van der Waals surface area contributed by atoms with E-state index in [0.717, 1.165) is 16.8 Å². The average molecular weight is 419 g/mol. The number of aliphatic hydroxyl groups is 1. The summed E-state index contributed by atoms with van der Waals surface area (Å²) >= 11 is 0. The Morgan fingerprint density at radius 3 is 2.65 bits per heavy atom. The first-order chi connectivity index (χ1) is 14.9. The fourth-order valence-electron chi connectivity index (χ4n) is 3.65. The zero-order valence-corrected chi connectivity index (χ0v) is 17.6. The van der Waals surface area contributed by atoms with Crippen molar-refractivity contribution < 1.29 is 14.6 Å². The average Bonchev–Trinajstić information content (AvgIpc) is 3.16. The van der Waals surface area contributed by atoms with Crippen LogP contribution in [0.5, 0.6) is 5.75 Å². The van der Waals surface area contributed by atoms with E-state index in [0.29, 0.717) is 29.6 Å². The van der Waals surface area contributed by atoms with E-state index in [1.54, 1.807) is 22.1 Å². The number of fused-ring (bicyclic) bond motifs is 3. The number of hydrogen-bond acceptors (Lipinski definition) is 5. The van der Waals surface area contributed by atoms with Crippen LogP contribution in [-0.4, -0.2) is 37.8 Å². The standard InChI is InChI=1S/C24H25N3O4/c1-16-13-23-26(24(30)21-5-3-4-6-22(21)27(23)25-16)14-19(29)15-31-20-11-9-18(10-12-20)8-7-17(2)28/h3-6,9-13,19,29H,7-8,14-15H2,1-2H3. The van der Waals surface area contributed by atoms with Gasteiger partial charge < -0.3 is 14.6 Å². The Morgan fingerprint density at radius 1 is 1.16 bits per heavy atom. The zero-order valence-electron chi connectivity index (χ0n) is 17.6. The number of carbonyl (C=O) groups excluding carboxylic acids is 1. The summed E-state index contributed by atoms with van der Waals surface area (Å²) in [5.41, 5.74) is 3.05. The molecule has 7 heteroatoms. The molecule has 7 nitrogen and oxygen atoms in total. The lowest BCUT2D eigenvalue weighted by Gasteiger charge is -2.16. The molecule has 2 heterocycles. The van der Waals surface area contributed by atoms with E-state index in [9.17, 15) is 14.7 Å². The Bertz CT molecular complexity index is 1290. The van der Waals surface area contributed by atoms with Gasteiger partial charge in [0.05, 0.1) is 23.1 Å². The molecular weight excluding hydrogens is 394 g/mol. The van der Waals surface area contributed by atoms with Gasteiger partial charge >= 0.3 is 0 Å². The van der Waals surface area contributed by atoms with Gasteiger partial charge in [0, 0.05) is 12.5 Å². The minimum atomic E-state index is -0.879. The van der Waals surface area contributed by atoms with Crippen LogP contribution in [0.15, 0.2) is 59.4 Å². The van der Waals surface area contributed by atoms with Crippen LogP contribution in [0, 0.1) is 6.92 Å². The lowest BCUT2D eigenvalue weighted by Crippen LogP contribution is -2.31. The van der Waals surface area contributed by atoms with E-state index >= 15 is 0 Å². The van der Waals surface area contributed by atoms with Crippen LogP contribution in [0.1, 0.15) is 24.6 Å². The van der Waals surface area contributed by atoms with Crippen molar-refractivity contribution in [3.05, 3.63) is 76.2 Å². The maximum atomic E-state index is 13.1. The lowest BCUT2D eigenvalue weighted by molar-refractivity contribution is -0.116. The van der Waals surface area contributed by atoms with Gasteiger partial charge in [0.25, 0.3) is 5.56 Å². The molecule has 0 aliphatic carbocycles. The predicted molar refractivity (Wildman–Crippen MR) is 119 cm³/mol. The number of benzene rings is 2. The van der Waals surface area contributed by atoms with Crippen molar-refractivity contribution in [2.24, 2.45) is 0 Å². The monoisotopic (exact) mass is 419 g/mol. The summed E-state index contributed by atoms with van der Waals surface area (Å²) in [5.74, 6) is 0.789. The molecule has 1 unspecified atom stereocenters. The van der Waals surface area contributed by atoms with E-state index in [-0.39, 0.29) is 24.5 Å². The lowest BCUT2D eigenvalue weighted by atomic mass is 10.1. The van der Waals surface area contributed by atoms with Crippen molar-refractivity contribution in [3.63, 3.8) is 0 Å². The van der Waals surface area contributed by atoms with Gasteiger partial charge in [0.2, 0.25) is 0 Å². The number of aliphatic hydroxyl groups excluding tert-OH is 1. The third-order valence-electron chi connectivity index (χ3n) is 5.22. The smallest absolute Gasteiger partial charge is 0.261 e. The van der Waals surface area contributed by atoms with Crippen LogP contribution in [0.2, 0.25) is 0 Å². The van der Waals surface area contributed by atoms with E-state index in [4.69, 9.17) is 4.74 Å². The van der Waals surface area contributed by atoms with Crippen molar-refractivity contribution in [3.8, 4) is 5.75 Å². The molecule has 4 rings (SSSR count). The first-order valence-corrected chi connectivity index (χ1v) is 10.3. The number of ether oxygens (including phenoxy) is 1. The molecule has 0 spiro atoms. The van der Waals surface area contributed by atoms with Gasteiger partial charge in [-0.2, -0.15) is 5.10 Å². The first kappa shape index (κ1) is 20.8. The van der Waals surface area contributed by atoms with Crippen LogP contribution in [0.4, 0.5) is 0 Å². The summed E-state index contributed by atoms with van der Waals surface area (Å²) in [7, 11) is 0. The number of rotatable bonds is 8. The van der Waals surface area contributed by atoms with Gasteiger partial charge in [0.1, 0.15) is 29.9 Å². The highest BCUT2D eigenvalue weighted by Crippen LogP contribution is 2.16. The molecule has 0 aliphatic heterocycles. The highest BCUT2D eigenvalue weighted by atomic mass is 16.5. The highest BCUT2D eigenvalue weighted by molar-refractivity contribution is 5.80. The number of Topliss-reactive ketones (excluding diaryl/α,β-unsaturated/α-hetero) is 1. The quantitative estimate of drug-likeness (QED) is 0.475. The minimum Gasteiger partial charge on any atom is -0.491 e. The number of carbonyl (C=O) groups is 1. The van der Waals surface area contributed by atoms with Crippen LogP contribution in [0.3, 0.4) is 0 Å². The van der Waals surface area contributed by atoms with E-state index in [2.05, 4.69) is 5.10 Å². The number of aryl methyl sites for hydroxylation is 2.